The molecule has 0 amide bonds. The number of imidazole rings is 1. The number of hydrogen-bond donors (Lipinski definition) is 3. The van der Waals surface area contributed by atoms with Crippen molar-refractivity contribution in [2.45, 2.75) is 50.6 Å². The van der Waals surface area contributed by atoms with Crippen LogP contribution in [0, 0.1) is 0 Å². The molecule has 6 rings (SSSR count). The van der Waals surface area contributed by atoms with E-state index in [0.717, 1.165) is 18.6 Å². The molecule has 0 atom stereocenters. The molecule has 1 saturated carbocycles. The van der Waals surface area contributed by atoms with E-state index < -0.39 is 21.8 Å². The van der Waals surface area contributed by atoms with Crippen molar-refractivity contribution in [2.24, 2.45) is 7.05 Å². The smallest absolute Gasteiger partial charge is 0.419 e. The van der Waals surface area contributed by atoms with E-state index in [0.29, 0.717) is 86.0 Å². The summed E-state index contributed by atoms with van der Waals surface area (Å²) in [5, 5.41) is 12.9. The van der Waals surface area contributed by atoms with Crippen LogP contribution >= 0.6 is 0 Å². The van der Waals surface area contributed by atoms with Crippen LogP contribution in [0.3, 0.4) is 0 Å². The first-order chi connectivity index (χ1) is 22.9. The molecule has 3 N–H and O–H groups in total. The van der Waals surface area contributed by atoms with E-state index in [1.165, 1.54) is 21.3 Å². The lowest BCUT2D eigenvalue weighted by atomic mass is 9.93. The number of alkyl halides is 3. The number of nitrogens with one attached hydrogen (secondary N) is 2. The van der Waals surface area contributed by atoms with Gasteiger partial charge in [-0.2, -0.15) is 18.2 Å². The SMILES string of the molecule is Cn1c(CN(c2cnc3cc(N4CCOCC4)nc(OC4CCC(Nc5ncc(C(F)(F)F)cn5)CC4)c3c2)S(C)(=O)=O)cnc1NO. The molecule has 0 aromatic carbocycles. The van der Waals surface area contributed by atoms with Crippen molar-refractivity contribution in [1.82, 2.24) is 29.5 Å². The standard InChI is InChI=1S/C29H35F3N10O5S/c1-40-21(16-36-28(40)39-43)17-42(48(2,44)45)20-11-23-24(33-15-20)12-25(41-7-9-46-10-8-41)38-26(23)47-22-5-3-19(4-6-22)37-27-34-13-18(14-35-27)29(30,31)32/h11-16,19,22,43H,3-10,17H2,1-2H3,(H,36,39)(H,34,35,37). The second-order valence-corrected chi connectivity index (χ2v) is 13.6. The van der Waals surface area contributed by atoms with Crippen LogP contribution in [0.2, 0.25) is 0 Å². The molecule has 2 aliphatic rings. The van der Waals surface area contributed by atoms with E-state index in [2.05, 4.69) is 30.2 Å². The Kier molecular flexibility index (Phi) is 9.44. The molecule has 5 heterocycles. The zero-order valence-corrected chi connectivity index (χ0v) is 27.0. The summed E-state index contributed by atoms with van der Waals surface area (Å²) in [6.45, 7) is 2.29. The Bertz CT molecular complexity index is 1840. The number of ether oxygens (including phenoxy) is 2. The molecule has 1 aliphatic heterocycles. The summed E-state index contributed by atoms with van der Waals surface area (Å²) in [6.07, 6.45) is 3.36. The maximum absolute atomic E-state index is 13.0. The van der Waals surface area contributed by atoms with E-state index in [4.69, 9.17) is 14.5 Å². The van der Waals surface area contributed by atoms with E-state index in [1.54, 1.807) is 13.1 Å². The number of sulfonamides is 1. The van der Waals surface area contributed by atoms with Gasteiger partial charge in [0.15, 0.2) is 0 Å². The second kappa shape index (κ2) is 13.6. The van der Waals surface area contributed by atoms with Gasteiger partial charge in [0.1, 0.15) is 11.9 Å². The summed E-state index contributed by atoms with van der Waals surface area (Å²) < 4.78 is 79.4. The first-order valence-corrected chi connectivity index (χ1v) is 17.1. The van der Waals surface area contributed by atoms with Crippen molar-refractivity contribution in [3.63, 3.8) is 0 Å². The maximum Gasteiger partial charge on any atom is 0.419 e. The topological polar surface area (TPSA) is 173 Å². The normalized spacial score (nSPS) is 18.9. The third-order valence-corrected chi connectivity index (χ3v) is 9.54. The molecule has 48 heavy (non-hydrogen) atoms. The molecule has 0 radical (unpaired) electrons. The highest BCUT2D eigenvalue weighted by molar-refractivity contribution is 7.92. The third kappa shape index (κ3) is 7.47. The van der Waals surface area contributed by atoms with Crippen LogP contribution in [0.25, 0.3) is 10.9 Å². The number of nitrogens with zero attached hydrogens (tertiary/aromatic N) is 8. The highest BCUT2D eigenvalue weighted by Gasteiger charge is 2.32. The average molecular weight is 693 g/mol. The monoisotopic (exact) mass is 692 g/mol. The predicted octanol–water partition coefficient (Wildman–Crippen LogP) is 3.58. The molecule has 1 saturated heterocycles. The van der Waals surface area contributed by atoms with E-state index >= 15 is 0 Å². The van der Waals surface area contributed by atoms with Crippen LogP contribution in [-0.2, 0) is 34.5 Å². The highest BCUT2D eigenvalue weighted by atomic mass is 32.2. The second-order valence-electron chi connectivity index (χ2n) is 11.7. The van der Waals surface area contributed by atoms with Crippen molar-refractivity contribution < 1.29 is 36.3 Å². The number of anilines is 4. The molecule has 4 aromatic heterocycles. The predicted molar refractivity (Wildman–Crippen MR) is 170 cm³/mol. The van der Waals surface area contributed by atoms with E-state index in [1.807, 2.05) is 11.5 Å². The molecular formula is C29H35F3N10O5S. The Labute approximate surface area is 274 Å². The molecule has 15 nitrogen and oxygen atoms in total. The van der Waals surface area contributed by atoms with Gasteiger partial charge in [0, 0.05) is 44.6 Å². The molecule has 4 aromatic rings. The van der Waals surface area contributed by atoms with Gasteiger partial charge >= 0.3 is 6.18 Å². The fourth-order valence-electron chi connectivity index (χ4n) is 5.71. The Morgan fingerprint density at radius 2 is 1.75 bits per heavy atom. The largest absolute Gasteiger partial charge is 0.474 e. The van der Waals surface area contributed by atoms with Crippen molar-refractivity contribution in [3.05, 3.63) is 48.2 Å². The van der Waals surface area contributed by atoms with Crippen LogP contribution in [0.5, 0.6) is 5.88 Å². The molecule has 258 valence electrons. The molecule has 0 bridgehead atoms. The van der Waals surface area contributed by atoms with Crippen molar-refractivity contribution in [2.75, 3.05) is 52.6 Å². The first-order valence-electron chi connectivity index (χ1n) is 15.2. The number of aromatic nitrogens is 6. The zero-order chi connectivity index (χ0) is 34.1. The zero-order valence-electron chi connectivity index (χ0n) is 26.2. The third-order valence-electron chi connectivity index (χ3n) is 8.39. The van der Waals surface area contributed by atoms with Gasteiger partial charge in [0.25, 0.3) is 0 Å². The van der Waals surface area contributed by atoms with Crippen molar-refractivity contribution in [1.29, 1.82) is 0 Å². The van der Waals surface area contributed by atoms with Gasteiger partial charge in [-0.25, -0.2) is 28.8 Å². The Hall–Kier alpha value is -4.49. The highest BCUT2D eigenvalue weighted by Crippen LogP contribution is 2.35. The lowest BCUT2D eigenvalue weighted by molar-refractivity contribution is -0.138. The van der Waals surface area contributed by atoms with Crippen LogP contribution in [0.15, 0.2) is 36.9 Å². The summed E-state index contributed by atoms with van der Waals surface area (Å²) in [7, 11) is -2.15. The van der Waals surface area contributed by atoms with Gasteiger partial charge in [0.2, 0.25) is 27.8 Å². The van der Waals surface area contributed by atoms with E-state index in [-0.39, 0.29) is 30.6 Å². The summed E-state index contributed by atoms with van der Waals surface area (Å²) in [5.41, 5.74) is 2.45. The fourth-order valence-corrected chi connectivity index (χ4v) is 6.56. The lowest BCUT2D eigenvalue weighted by Gasteiger charge is -2.31. The quantitative estimate of drug-likeness (QED) is 0.206. The lowest BCUT2D eigenvalue weighted by Crippen LogP contribution is -2.37. The first kappa shape index (κ1) is 33.4. The minimum atomic E-state index is -4.51. The Balaban J connectivity index is 1.25. The van der Waals surface area contributed by atoms with Crippen molar-refractivity contribution >= 4 is 44.3 Å². The number of halogens is 3. The average Bonchev–Trinajstić information content (AvgIpc) is 3.42. The molecule has 1 aliphatic carbocycles. The molecule has 0 unspecified atom stereocenters. The van der Waals surface area contributed by atoms with Gasteiger partial charge in [-0.15, -0.1) is 0 Å². The minimum absolute atomic E-state index is 0.0592. The van der Waals surface area contributed by atoms with E-state index in [9.17, 15) is 26.8 Å². The summed E-state index contributed by atoms with van der Waals surface area (Å²) in [4.78, 5) is 23.3. The molecule has 19 heteroatoms. The fraction of sp³-hybridized carbons (Fsp3) is 0.483. The summed E-state index contributed by atoms with van der Waals surface area (Å²) in [6, 6.07) is 3.47. The van der Waals surface area contributed by atoms with Crippen molar-refractivity contribution in [3.8, 4) is 5.88 Å². The summed E-state index contributed by atoms with van der Waals surface area (Å²) in [5.74, 6) is 1.26. The van der Waals surface area contributed by atoms with Crippen LogP contribution in [-0.4, -0.2) is 87.8 Å². The Morgan fingerprint density at radius 3 is 2.38 bits per heavy atom. The maximum atomic E-state index is 13.0. The molecule has 0 spiro atoms. The summed E-state index contributed by atoms with van der Waals surface area (Å²) >= 11 is 0. The van der Waals surface area contributed by atoms with Crippen LogP contribution in [0.4, 0.5) is 36.6 Å². The number of rotatable bonds is 10. The van der Waals surface area contributed by atoms with Crippen LogP contribution in [0.1, 0.15) is 36.9 Å². The minimum Gasteiger partial charge on any atom is -0.474 e. The molecular weight excluding hydrogens is 657 g/mol. The number of hydrogen-bond acceptors (Lipinski definition) is 13. The Morgan fingerprint density at radius 1 is 1.04 bits per heavy atom. The molecule has 2 fully saturated rings. The number of fused-ring (bicyclic) bond motifs is 1. The van der Waals surface area contributed by atoms with Gasteiger partial charge < -0.3 is 24.3 Å². The van der Waals surface area contributed by atoms with Gasteiger partial charge in [-0.3, -0.25) is 14.5 Å². The van der Waals surface area contributed by atoms with Gasteiger partial charge in [-0.05, 0) is 31.7 Å². The van der Waals surface area contributed by atoms with Gasteiger partial charge in [-0.1, -0.05) is 0 Å². The number of pyridine rings is 2. The van der Waals surface area contributed by atoms with Crippen LogP contribution < -0.4 is 24.7 Å². The number of morpholine rings is 1. The van der Waals surface area contributed by atoms with Gasteiger partial charge in [0.05, 0.1) is 66.3 Å².